The number of alkyl halides is 3. The van der Waals surface area contributed by atoms with Gasteiger partial charge in [-0.25, -0.2) is 14.6 Å². The number of nitrogens with zero attached hydrogens (tertiary/aromatic N) is 5. The Morgan fingerprint density at radius 1 is 0.862 bits per heavy atom. The van der Waals surface area contributed by atoms with Gasteiger partial charge in [-0.2, -0.15) is 13.2 Å². The first-order chi connectivity index (χ1) is 14.0. The van der Waals surface area contributed by atoms with Crippen molar-refractivity contribution in [3.63, 3.8) is 0 Å². The molecule has 2 heterocycles. The molecular weight excluding hydrogens is 381 g/mol. The molecule has 4 aromatic rings. The summed E-state index contributed by atoms with van der Waals surface area (Å²) in [7, 11) is 0. The molecule has 0 saturated heterocycles. The zero-order valence-electron chi connectivity index (χ0n) is 15.3. The molecule has 0 aliphatic rings. The highest BCUT2D eigenvalue weighted by molar-refractivity contribution is 5.82. The SMILES string of the molecule is FC(F)(F)c1nc(NCCc2ccccc2)c2nnn(Cc3ccccc3)c2n1. The van der Waals surface area contributed by atoms with Gasteiger partial charge in [-0.15, -0.1) is 5.10 Å². The van der Waals surface area contributed by atoms with Crippen LogP contribution in [0.3, 0.4) is 0 Å². The fourth-order valence-electron chi connectivity index (χ4n) is 2.94. The summed E-state index contributed by atoms with van der Waals surface area (Å²) in [6, 6.07) is 18.9. The summed E-state index contributed by atoms with van der Waals surface area (Å²) in [5.41, 5.74) is 2.19. The minimum Gasteiger partial charge on any atom is -0.368 e. The van der Waals surface area contributed by atoms with Gasteiger partial charge in [0.1, 0.15) is 0 Å². The maximum atomic E-state index is 13.3. The van der Waals surface area contributed by atoms with Crippen LogP contribution in [0.4, 0.5) is 19.0 Å². The number of hydrogen-bond acceptors (Lipinski definition) is 5. The van der Waals surface area contributed by atoms with Gasteiger partial charge in [-0.05, 0) is 17.5 Å². The van der Waals surface area contributed by atoms with Crippen molar-refractivity contribution in [1.29, 1.82) is 0 Å². The lowest BCUT2D eigenvalue weighted by molar-refractivity contribution is -0.144. The van der Waals surface area contributed by atoms with Crippen LogP contribution >= 0.6 is 0 Å². The summed E-state index contributed by atoms with van der Waals surface area (Å²) in [5.74, 6) is -1.19. The Morgan fingerprint density at radius 3 is 2.17 bits per heavy atom. The van der Waals surface area contributed by atoms with Crippen LogP contribution in [-0.2, 0) is 19.1 Å². The lowest BCUT2D eigenvalue weighted by atomic mass is 10.1. The van der Waals surface area contributed by atoms with E-state index in [9.17, 15) is 13.2 Å². The number of fused-ring (bicyclic) bond motifs is 1. The molecule has 0 amide bonds. The predicted molar refractivity (Wildman–Crippen MR) is 102 cm³/mol. The molecule has 6 nitrogen and oxygen atoms in total. The molecule has 0 aliphatic heterocycles. The number of aromatic nitrogens is 5. The fourth-order valence-corrected chi connectivity index (χ4v) is 2.94. The van der Waals surface area contributed by atoms with Gasteiger partial charge < -0.3 is 5.32 Å². The number of nitrogens with one attached hydrogen (secondary N) is 1. The normalized spacial score (nSPS) is 11.7. The maximum Gasteiger partial charge on any atom is 0.451 e. The van der Waals surface area contributed by atoms with Crippen molar-refractivity contribution in [2.24, 2.45) is 0 Å². The molecule has 2 aromatic carbocycles. The maximum absolute atomic E-state index is 13.3. The van der Waals surface area contributed by atoms with Crippen LogP contribution < -0.4 is 5.32 Å². The average Bonchev–Trinajstić information content (AvgIpc) is 3.12. The van der Waals surface area contributed by atoms with Crippen LogP contribution in [-0.4, -0.2) is 31.5 Å². The smallest absolute Gasteiger partial charge is 0.368 e. The highest BCUT2D eigenvalue weighted by Crippen LogP contribution is 2.29. The van der Waals surface area contributed by atoms with E-state index in [0.717, 1.165) is 11.1 Å². The summed E-state index contributed by atoms with van der Waals surface area (Å²) in [6.07, 6.45) is -4.04. The van der Waals surface area contributed by atoms with Gasteiger partial charge in [0.05, 0.1) is 6.54 Å². The molecule has 0 spiro atoms. The Kier molecular flexibility index (Phi) is 5.11. The predicted octanol–water partition coefficient (Wildman–Crippen LogP) is 3.94. The first-order valence-corrected chi connectivity index (χ1v) is 9.01. The van der Waals surface area contributed by atoms with E-state index in [1.54, 1.807) is 0 Å². The molecule has 0 saturated carbocycles. The van der Waals surface area contributed by atoms with Crippen LogP contribution in [0.25, 0.3) is 11.2 Å². The molecule has 0 atom stereocenters. The Morgan fingerprint density at radius 2 is 1.52 bits per heavy atom. The minimum absolute atomic E-state index is 0.0255. The third kappa shape index (κ3) is 4.34. The molecule has 1 N–H and O–H groups in total. The molecule has 0 unspecified atom stereocenters. The highest BCUT2D eigenvalue weighted by Gasteiger charge is 2.36. The van der Waals surface area contributed by atoms with Crippen molar-refractivity contribution < 1.29 is 13.2 Å². The summed E-state index contributed by atoms with van der Waals surface area (Å²) in [4.78, 5) is 7.35. The minimum atomic E-state index is -4.67. The quantitative estimate of drug-likeness (QED) is 0.533. The van der Waals surface area contributed by atoms with Crippen LogP contribution in [0.5, 0.6) is 0 Å². The largest absolute Gasteiger partial charge is 0.451 e. The second kappa shape index (κ2) is 7.86. The number of anilines is 1. The van der Waals surface area contributed by atoms with Gasteiger partial charge in [-0.3, -0.25) is 0 Å². The van der Waals surface area contributed by atoms with Gasteiger partial charge in [0.15, 0.2) is 17.0 Å². The lowest BCUT2D eigenvalue weighted by Gasteiger charge is -2.10. The summed E-state index contributed by atoms with van der Waals surface area (Å²) in [6.45, 7) is 0.661. The Hall–Kier alpha value is -3.49. The number of hydrogen-bond donors (Lipinski definition) is 1. The monoisotopic (exact) mass is 398 g/mol. The van der Waals surface area contributed by atoms with Gasteiger partial charge in [-0.1, -0.05) is 65.9 Å². The van der Waals surface area contributed by atoms with Crippen molar-refractivity contribution in [3.05, 3.63) is 77.6 Å². The topological polar surface area (TPSA) is 68.5 Å². The van der Waals surface area contributed by atoms with E-state index in [1.807, 2.05) is 60.7 Å². The lowest BCUT2D eigenvalue weighted by Crippen LogP contribution is -2.15. The van der Waals surface area contributed by atoms with E-state index in [-0.39, 0.29) is 23.5 Å². The van der Waals surface area contributed by atoms with Gasteiger partial charge in [0, 0.05) is 6.54 Å². The van der Waals surface area contributed by atoms with Gasteiger partial charge >= 0.3 is 6.18 Å². The number of benzene rings is 2. The summed E-state index contributed by atoms with van der Waals surface area (Å²) >= 11 is 0. The van der Waals surface area contributed by atoms with Gasteiger partial charge in [0.25, 0.3) is 0 Å². The van der Waals surface area contributed by atoms with Gasteiger partial charge in [0.2, 0.25) is 5.82 Å². The van der Waals surface area contributed by atoms with Crippen LogP contribution in [0, 0.1) is 0 Å². The second-order valence-electron chi connectivity index (χ2n) is 6.46. The third-order valence-corrected chi connectivity index (χ3v) is 4.34. The highest BCUT2D eigenvalue weighted by atomic mass is 19.4. The second-order valence-corrected chi connectivity index (χ2v) is 6.46. The van der Waals surface area contributed by atoms with Crippen LogP contribution in [0.2, 0.25) is 0 Å². The molecule has 0 fully saturated rings. The first-order valence-electron chi connectivity index (χ1n) is 9.01. The number of rotatable bonds is 6. The van der Waals surface area contributed by atoms with E-state index >= 15 is 0 Å². The zero-order chi connectivity index (χ0) is 20.3. The van der Waals surface area contributed by atoms with Crippen molar-refractivity contribution >= 4 is 17.0 Å². The number of halogens is 3. The molecule has 2 aromatic heterocycles. The van der Waals surface area contributed by atoms with E-state index in [4.69, 9.17) is 0 Å². The van der Waals surface area contributed by atoms with Crippen molar-refractivity contribution in [1.82, 2.24) is 25.0 Å². The summed E-state index contributed by atoms with van der Waals surface area (Å²) in [5, 5.41) is 11.0. The fraction of sp³-hybridized carbons (Fsp3) is 0.200. The zero-order valence-corrected chi connectivity index (χ0v) is 15.3. The first kappa shape index (κ1) is 18.9. The molecule has 0 aliphatic carbocycles. The molecule has 4 rings (SSSR count). The van der Waals surface area contributed by atoms with E-state index in [2.05, 4.69) is 25.6 Å². The third-order valence-electron chi connectivity index (χ3n) is 4.34. The molecular formula is C20H17F3N6. The van der Waals surface area contributed by atoms with Crippen molar-refractivity contribution in [2.45, 2.75) is 19.1 Å². The van der Waals surface area contributed by atoms with Crippen LogP contribution in [0.15, 0.2) is 60.7 Å². The molecule has 0 radical (unpaired) electrons. The Balaban J connectivity index is 1.65. The molecule has 9 heteroatoms. The summed E-state index contributed by atoms with van der Waals surface area (Å²) < 4.78 is 41.4. The Bertz CT molecular complexity index is 1090. The molecule has 0 bridgehead atoms. The van der Waals surface area contributed by atoms with E-state index < -0.39 is 12.0 Å². The van der Waals surface area contributed by atoms with Crippen molar-refractivity contribution in [2.75, 3.05) is 11.9 Å². The molecule has 29 heavy (non-hydrogen) atoms. The Labute approximate surface area is 164 Å². The average molecular weight is 398 g/mol. The van der Waals surface area contributed by atoms with Crippen molar-refractivity contribution in [3.8, 4) is 0 Å². The van der Waals surface area contributed by atoms with Crippen LogP contribution in [0.1, 0.15) is 17.0 Å². The van der Waals surface area contributed by atoms with E-state index in [0.29, 0.717) is 13.0 Å². The molecule has 148 valence electrons. The van der Waals surface area contributed by atoms with E-state index in [1.165, 1.54) is 4.68 Å². The standard InChI is InChI=1S/C20H17F3N6/c21-20(22,23)19-25-17(24-12-11-14-7-3-1-4-8-14)16-18(26-19)29(28-27-16)13-15-9-5-2-6-10-15/h1-10H,11-13H2,(H,24,25,26).